The molecule has 0 fully saturated rings. The molecule has 3 rings (SSSR count). The van der Waals surface area contributed by atoms with Gasteiger partial charge in [-0.15, -0.1) is 11.3 Å². The van der Waals surface area contributed by atoms with Gasteiger partial charge in [-0.25, -0.2) is 17.7 Å². The molecule has 0 spiro atoms. The molecule has 0 aliphatic rings. The highest BCUT2D eigenvalue weighted by molar-refractivity contribution is 7.89. The summed E-state index contributed by atoms with van der Waals surface area (Å²) in [5.74, 6) is 0.133. The number of carbonyl (C=O) groups excluding carboxylic acids is 1. The van der Waals surface area contributed by atoms with E-state index in [1.807, 2.05) is 17.5 Å². The number of nitrogens with zero attached hydrogens (tertiary/aromatic N) is 2. The summed E-state index contributed by atoms with van der Waals surface area (Å²) >= 11 is 1.51. The number of amides is 1. The Kier molecular flexibility index (Phi) is 5.45. The Morgan fingerprint density at radius 2 is 2.07 bits per heavy atom. The Balaban J connectivity index is 1.75. The molecule has 142 valence electrons. The molecule has 2 aromatic heterocycles. The van der Waals surface area contributed by atoms with Crippen molar-refractivity contribution in [2.75, 3.05) is 14.1 Å². The number of nitrogens with one attached hydrogen (secondary N) is 1. The first-order chi connectivity index (χ1) is 12.8. The largest absolute Gasteiger partial charge is 0.443 e. The van der Waals surface area contributed by atoms with Crippen molar-refractivity contribution in [2.24, 2.45) is 0 Å². The van der Waals surface area contributed by atoms with Crippen LogP contribution in [-0.4, -0.2) is 37.7 Å². The van der Waals surface area contributed by atoms with E-state index in [0.29, 0.717) is 22.7 Å². The molecule has 9 heteroatoms. The second kappa shape index (κ2) is 7.63. The van der Waals surface area contributed by atoms with Crippen LogP contribution in [0.15, 0.2) is 51.3 Å². The third-order valence-electron chi connectivity index (χ3n) is 3.95. The standard InChI is InChI=1S/C18H19N3O4S2/c1-12-6-7-14(27(23,24)21(2)3)9-15(12)17(22)19-10-13-11-25-18(20-13)16-5-4-8-26-16/h4-9,11H,10H2,1-3H3,(H,19,22). The van der Waals surface area contributed by atoms with Gasteiger partial charge in [0.2, 0.25) is 15.9 Å². The van der Waals surface area contributed by atoms with Gasteiger partial charge in [0.05, 0.1) is 22.0 Å². The van der Waals surface area contributed by atoms with Gasteiger partial charge in [-0.2, -0.15) is 0 Å². The zero-order valence-corrected chi connectivity index (χ0v) is 16.7. The lowest BCUT2D eigenvalue weighted by Gasteiger charge is -2.13. The minimum Gasteiger partial charge on any atom is -0.443 e. The molecular formula is C18H19N3O4S2. The topological polar surface area (TPSA) is 92.5 Å². The Labute approximate surface area is 161 Å². The van der Waals surface area contributed by atoms with Crippen LogP contribution in [0, 0.1) is 6.92 Å². The van der Waals surface area contributed by atoms with Crippen LogP contribution in [0.2, 0.25) is 0 Å². The van der Waals surface area contributed by atoms with E-state index in [2.05, 4.69) is 10.3 Å². The molecule has 27 heavy (non-hydrogen) atoms. The molecule has 2 heterocycles. The summed E-state index contributed by atoms with van der Waals surface area (Å²) in [5.41, 5.74) is 1.58. The third-order valence-corrected chi connectivity index (χ3v) is 6.61. The SMILES string of the molecule is Cc1ccc(S(=O)(=O)N(C)C)cc1C(=O)NCc1coc(-c2cccs2)n1. The second-order valence-corrected chi connectivity index (χ2v) is 9.17. The molecule has 7 nitrogen and oxygen atoms in total. The number of hydrogen-bond donors (Lipinski definition) is 1. The smallest absolute Gasteiger partial charge is 0.251 e. The van der Waals surface area contributed by atoms with Crippen molar-refractivity contribution in [3.8, 4) is 10.8 Å². The van der Waals surface area contributed by atoms with Crippen LogP contribution in [0.3, 0.4) is 0 Å². The van der Waals surface area contributed by atoms with Gasteiger partial charge >= 0.3 is 0 Å². The molecule has 0 aliphatic carbocycles. The number of aryl methyl sites for hydroxylation is 1. The summed E-state index contributed by atoms with van der Waals surface area (Å²) in [6.45, 7) is 1.93. The number of benzene rings is 1. The van der Waals surface area contributed by atoms with Gasteiger partial charge in [-0.05, 0) is 36.1 Å². The Morgan fingerprint density at radius 3 is 2.74 bits per heavy atom. The summed E-state index contributed by atoms with van der Waals surface area (Å²) in [4.78, 5) is 17.9. The van der Waals surface area contributed by atoms with E-state index in [1.54, 1.807) is 13.0 Å². The molecule has 0 saturated heterocycles. The zero-order valence-electron chi connectivity index (χ0n) is 15.1. The zero-order chi connectivity index (χ0) is 19.6. The number of carbonyl (C=O) groups is 1. The first-order valence-corrected chi connectivity index (χ1v) is 10.4. The van der Waals surface area contributed by atoms with Gasteiger partial charge in [0.1, 0.15) is 6.26 Å². The molecule has 3 aromatic rings. The lowest BCUT2D eigenvalue weighted by molar-refractivity contribution is 0.0949. The van der Waals surface area contributed by atoms with Crippen LogP contribution in [0.1, 0.15) is 21.6 Å². The van der Waals surface area contributed by atoms with E-state index in [9.17, 15) is 13.2 Å². The van der Waals surface area contributed by atoms with Gasteiger partial charge in [-0.1, -0.05) is 12.1 Å². The maximum Gasteiger partial charge on any atom is 0.251 e. The predicted molar refractivity (Wildman–Crippen MR) is 103 cm³/mol. The van der Waals surface area contributed by atoms with Crippen molar-refractivity contribution in [3.05, 3.63) is 58.8 Å². The number of sulfonamides is 1. The lowest BCUT2D eigenvalue weighted by atomic mass is 10.1. The lowest BCUT2D eigenvalue weighted by Crippen LogP contribution is -2.26. The molecule has 0 saturated carbocycles. The van der Waals surface area contributed by atoms with Crippen LogP contribution in [0.4, 0.5) is 0 Å². The van der Waals surface area contributed by atoms with E-state index in [1.165, 1.54) is 43.8 Å². The highest BCUT2D eigenvalue weighted by Crippen LogP contribution is 2.23. The van der Waals surface area contributed by atoms with Crippen LogP contribution in [0.25, 0.3) is 10.8 Å². The normalized spacial score (nSPS) is 11.7. The van der Waals surface area contributed by atoms with E-state index in [4.69, 9.17) is 4.42 Å². The highest BCUT2D eigenvalue weighted by Gasteiger charge is 2.20. The van der Waals surface area contributed by atoms with Crippen LogP contribution in [-0.2, 0) is 16.6 Å². The molecule has 0 atom stereocenters. The molecule has 1 aromatic carbocycles. The highest BCUT2D eigenvalue weighted by atomic mass is 32.2. The summed E-state index contributed by atoms with van der Waals surface area (Å²) in [7, 11) is -0.713. The molecular weight excluding hydrogens is 386 g/mol. The Bertz CT molecular complexity index is 1050. The first-order valence-electron chi connectivity index (χ1n) is 8.08. The fourth-order valence-electron chi connectivity index (χ4n) is 2.38. The summed E-state index contributed by atoms with van der Waals surface area (Å²) in [5, 5.41) is 4.69. The Morgan fingerprint density at radius 1 is 1.30 bits per heavy atom. The van der Waals surface area contributed by atoms with E-state index in [-0.39, 0.29) is 17.3 Å². The van der Waals surface area contributed by atoms with Crippen molar-refractivity contribution >= 4 is 27.3 Å². The average molecular weight is 406 g/mol. The minimum atomic E-state index is -3.61. The van der Waals surface area contributed by atoms with Crippen LogP contribution < -0.4 is 5.32 Å². The fourth-order valence-corrected chi connectivity index (χ4v) is 3.97. The first kappa shape index (κ1) is 19.3. The minimum absolute atomic E-state index is 0.0738. The molecule has 1 amide bonds. The van der Waals surface area contributed by atoms with Gasteiger partial charge in [0.15, 0.2) is 0 Å². The van der Waals surface area contributed by atoms with Crippen molar-refractivity contribution < 1.29 is 17.6 Å². The summed E-state index contributed by atoms with van der Waals surface area (Å²) in [6, 6.07) is 8.31. The van der Waals surface area contributed by atoms with E-state index >= 15 is 0 Å². The number of aromatic nitrogens is 1. The molecule has 0 unspecified atom stereocenters. The van der Waals surface area contributed by atoms with Crippen LogP contribution in [0.5, 0.6) is 0 Å². The van der Waals surface area contributed by atoms with Crippen molar-refractivity contribution in [2.45, 2.75) is 18.4 Å². The van der Waals surface area contributed by atoms with Gasteiger partial charge in [0.25, 0.3) is 5.91 Å². The molecule has 0 aliphatic heterocycles. The second-order valence-electron chi connectivity index (χ2n) is 6.07. The van der Waals surface area contributed by atoms with Gasteiger partial charge in [0, 0.05) is 19.7 Å². The van der Waals surface area contributed by atoms with Gasteiger partial charge in [-0.3, -0.25) is 4.79 Å². The molecule has 0 radical (unpaired) electrons. The van der Waals surface area contributed by atoms with E-state index in [0.717, 1.165) is 9.18 Å². The maximum atomic E-state index is 12.5. The molecule has 0 bridgehead atoms. The van der Waals surface area contributed by atoms with Crippen LogP contribution >= 0.6 is 11.3 Å². The Hall–Kier alpha value is -2.49. The average Bonchev–Trinajstić information content (AvgIpc) is 3.31. The van der Waals surface area contributed by atoms with Crippen molar-refractivity contribution in [1.29, 1.82) is 0 Å². The molecule has 1 N–H and O–H groups in total. The van der Waals surface area contributed by atoms with Gasteiger partial charge < -0.3 is 9.73 Å². The number of rotatable bonds is 6. The van der Waals surface area contributed by atoms with Crippen molar-refractivity contribution in [1.82, 2.24) is 14.6 Å². The quantitative estimate of drug-likeness (QED) is 0.681. The number of hydrogen-bond acceptors (Lipinski definition) is 6. The number of thiophene rings is 1. The monoisotopic (exact) mass is 405 g/mol. The predicted octanol–water partition coefficient (Wildman–Crippen LogP) is 2.89. The third kappa shape index (κ3) is 4.10. The fraction of sp³-hybridized carbons (Fsp3) is 0.222. The van der Waals surface area contributed by atoms with E-state index < -0.39 is 10.0 Å². The number of oxazole rings is 1. The van der Waals surface area contributed by atoms with Crippen molar-refractivity contribution in [3.63, 3.8) is 0 Å². The summed E-state index contributed by atoms with van der Waals surface area (Å²) < 4.78 is 31.1. The maximum absolute atomic E-state index is 12.5. The summed E-state index contributed by atoms with van der Waals surface area (Å²) in [6.07, 6.45) is 1.50.